The standard InChI is InChI=1S/C24H30N4O4S2/c1-5-14-27(15-6-2)34(31,32)20-11-8-18(9-12-20)23(30)26-24-28(7-3)21-13-10-19(25-17(4)29)16-22(21)33-24/h8-13,16H,5-7,14-15H2,1-4H3,(H,25,29). The molecule has 0 aliphatic heterocycles. The van der Waals surface area contributed by atoms with Gasteiger partial charge in [-0.25, -0.2) is 8.42 Å². The van der Waals surface area contributed by atoms with Gasteiger partial charge in [0.25, 0.3) is 5.91 Å². The van der Waals surface area contributed by atoms with Gasteiger partial charge in [-0.15, -0.1) is 0 Å². The molecule has 8 nitrogen and oxygen atoms in total. The Morgan fingerprint density at radius 2 is 1.68 bits per heavy atom. The van der Waals surface area contributed by atoms with Gasteiger partial charge in [-0.2, -0.15) is 9.30 Å². The quantitative estimate of drug-likeness (QED) is 0.473. The van der Waals surface area contributed by atoms with Crippen molar-refractivity contribution < 1.29 is 18.0 Å². The van der Waals surface area contributed by atoms with E-state index >= 15 is 0 Å². The summed E-state index contributed by atoms with van der Waals surface area (Å²) in [7, 11) is -3.61. The van der Waals surface area contributed by atoms with E-state index in [0.29, 0.717) is 35.7 Å². The van der Waals surface area contributed by atoms with Crippen LogP contribution in [0, 0.1) is 0 Å². The average Bonchev–Trinajstić information content (AvgIpc) is 3.14. The molecule has 182 valence electrons. The lowest BCUT2D eigenvalue weighted by atomic mass is 10.2. The lowest BCUT2D eigenvalue weighted by Gasteiger charge is -2.21. The number of benzene rings is 2. The van der Waals surface area contributed by atoms with Crippen LogP contribution in [-0.2, 0) is 21.4 Å². The highest BCUT2D eigenvalue weighted by Gasteiger charge is 2.23. The lowest BCUT2D eigenvalue weighted by Crippen LogP contribution is -2.32. The molecule has 0 bridgehead atoms. The first-order valence-corrected chi connectivity index (χ1v) is 13.6. The van der Waals surface area contributed by atoms with Crippen molar-refractivity contribution in [1.82, 2.24) is 8.87 Å². The van der Waals surface area contributed by atoms with Crippen LogP contribution in [0.2, 0.25) is 0 Å². The van der Waals surface area contributed by atoms with Gasteiger partial charge in [0, 0.05) is 37.8 Å². The molecule has 0 aliphatic rings. The highest BCUT2D eigenvalue weighted by molar-refractivity contribution is 7.89. The van der Waals surface area contributed by atoms with Crippen LogP contribution in [0.25, 0.3) is 10.2 Å². The number of hydrogen-bond donors (Lipinski definition) is 1. The first-order valence-electron chi connectivity index (χ1n) is 11.3. The molecule has 2 amide bonds. The average molecular weight is 503 g/mol. The minimum Gasteiger partial charge on any atom is -0.326 e. The number of hydrogen-bond acceptors (Lipinski definition) is 5. The topological polar surface area (TPSA) is 101 Å². The minimum absolute atomic E-state index is 0.155. The number of nitrogens with one attached hydrogen (secondary N) is 1. The lowest BCUT2D eigenvalue weighted by molar-refractivity contribution is -0.114. The second-order valence-electron chi connectivity index (χ2n) is 7.84. The molecule has 0 radical (unpaired) electrons. The van der Waals surface area contributed by atoms with E-state index in [1.54, 1.807) is 0 Å². The zero-order valence-corrected chi connectivity index (χ0v) is 21.5. The number of amides is 2. The van der Waals surface area contributed by atoms with Crippen molar-refractivity contribution in [2.45, 2.75) is 52.0 Å². The Morgan fingerprint density at radius 1 is 1.03 bits per heavy atom. The number of carbonyl (C=O) groups is 2. The molecule has 0 fully saturated rings. The van der Waals surface area contributed by atoms with Crippen LogP contribution >= 0.6 is 11.3 Å². The van der Waals surface area contributed by atoms with Gasteiger partial charge in [-0.05, 0) is 62.2 Å². The largest absolute Gasteiger partial charge is 0.326 e. The van der Waals surface area contributed by atoms with Gasteiger partial charge < -0.3 is 9.88 Å². The monoisotopic (exact) mass is 502 g/mol. The van der Waals surface area contributed by atoms with Gasteiger partial charge >= 0.3 is 0 Å². The number of aromatic nitrogens is 1. The van der Waals surface area contributed by atoms with Crippen LogP contribution in [-0.4, -0.2) is 42.2 Å². The van der Waals surface area contributed by atoms with Crippen molar-refractivity contribution in [3.8, 4) is 0 Å². The zero-order chi connectivity index (χ0) is 24.9. The van der Waals surface area contributed by atoms with Crippen molar-refractivity contribution in [3.05, 3.63) is 52.8 Å². The number of nitrogens with zero attached hydrogens (tertiary/aromatic N) is 3. The second kappa shape index (κ2) is 11.1. The third-order valence-electron chi connectivity index (χ3n) is 5.20. The molecule has 0 atom stereocenters. The Bertz CT molecular complexity index is 1350. The second-order valence-corrected chi connectivity index (χ2v) is 10.8. The molecule has 0 spiro atoms. The van der Waals surface area contributed by atoms with E-state index in [0.717, 1.165) is 23.1 Å². The fraction of sp³-hybridized carbons (Fsp3) is 0.375. The third-order valence-corrected chi connectivity index (χ3v) is 8.16. The van der Waals surface area contributed by atoms with Gasteiger partial charge in [0.05, 0.1) is 15.1 Å². The number of fused-ring (bicyclic) bond motifs is 1. The number of anilines is 1. The number of sulfonamides is 1. The summed E-state index contributed by atoms with van der Waals surface area (Å²) in [5, 5.41) is 2.76. The molecule has 0 aliphatic carbocycles. The number of aryl methyl sites for hydroxylation is 1. The zero-order valence-electron chi connectivity index (χ0n) is 19.9. The highest BCUT2D eigenvalue weighted by Crippen LogP contribution is 2.22. The summed E-state index contributed by atoms with van der Waals surface area (Å²) in [6.45, 7) is 8.84. The summed E-state index contributed by atoms with van der Waals surface area (Å²) in [5.74, 6) is -0.601. The normalized spacial score (nSPS) is 12.4. The molecule has 1 aromatic heterocycles. The van der Waals surface area contributed by atoms with E-state index in [1.165, 1.54) is 46.8 Å². The Morgan fingerprint density at radius 3 is 2.24 bits per heavy atom. The van der Waals surface area contributed by atoms with E-state index in [4.69, 9.17) is 0 Å². The van der Waals surface area contributed by atoms with E-state index in [1.807, 2.05) is 43.5 Å². The van der Waals surface area contributed by atoms with E-state index in [2.05, 4.69) is 10.3 Å². The SMILES string of the molecule is CCCN(CCC)S(=O)(=O)c1ccc(C(=O)N=c2sc3cc(NC(C)=O)ccc3n2CC)cc1. The van der Waals surface area contributed by atoms with Gasteiger partial charge in [-0.1, -0.05) is 25.2 Å². The van der Waals surface area contributed by atoms with Gasteiger partial charge in [0.1, 0.15) is 0 Å². The van der Waals surface area contributed by atoms with Crippen molar-refractivity contribution in [3.63, 3.8) is 0 Å². The van der Waals surface area contributed by atoms with Crippen molar-refractivity contribution in [1.29, 1.82) is 0 Å². The first kappa shape index (κ1) is 25.8. The summed E-state index contributed by atoms with van der Waals surface area (Å²) in [4.78, 5) is 29.2. The Hall–Kier alpha value is -2.82. The van der Waals surface area contributed by atoms with Gasteiger partial charge in [0.2, 0.25) is 15.9 Å². The van der Waals surface area contributed by atoms with E-state index in [-0.39, 0.29) is 10.8 Å². The maximum Gasteiger partial charge on any atom is 0.279 e. The van der Waals surface area contributed by atoms with Crippen molar-refractivity contribution in [2.75, 3.05) is 18.4 Å². The molecule has 1 heterocycles. The molecular weight excluding hydrogens is 472 g/mol. The molecule has 2 aromatic carbocycles. The fourth-order valence-corrected chi connectivity index (χ4v) is 6.42. The molecule has 1 N–H and O–H groups in total. The van der Waals surface area contributed by atoms with Gasteiger partial charge in [-0.3, -0.25) is 9.59 Å². The van der Waals surface area contributed by atoms with Crippen molar-refractivity contribution in [2.24, 2.45) is 4.99 Å². The fourth-order valence-electron chi connectivity index (χ4n) is 3.67. The predicted octanol–water partition coefficient (Wildman–Crippen LogP) is 4.23. The Balaban J connectivity index is 1.93. The molecule has 34 heavy (non-hydrogen) atoms. The maximum absolute atomic E-state index is 13.0. The molecule has 3 aromatic rings. The maximum atomic E-state index is 13.0. The summed E-state index contributed by atoms with van der Waals surface area (Å²) in [6, 6.07) is 11.5. The van der Waals surface area contributed by atoms with Crippen LogP contribution in [0.5, 0.6) is 0 Å². The molecule has 0 saturated heterocycles. The summed E-state index contributed by atoms with van der Waals surface area (Å²) >= 11 is 1.36. The molecule has 0 unspecified atom stereocenters. The number of carbonyl (C=O) groups excluding carboxylic acids is 2. The van der Waals surface area contributed by atoms with Crippen molar-refractivity contribution >= 4 is 49.1 Å². The minimum atomic E-state index is -3.61. The summed E-state index contributed by atoms with van der Waals surface area (Å²) in [6.07, 6.45) is 1.46. The Labute approximate surface area is 204 Å². The van der Waals surface area contributed by atoms with Crippen LogP contribution in [0.4, 0.5) is 5.69 Å². The first-order chi connectivity index (χ1) is 16.2. The third kappa shape index (κ3) is 5.63. The van der Waals surface area contributed by atoms with Crippen LogP contribution in [0.3, 0.4) is 0 Å². The molecular formula is C24H30N4O4S2. The van der Waals surface area contributed by atoms with E-state index in [9.17, 15) is 18.0 Å². The molecule has 3 rings (SSSR count). The summed E-state index contributed by atoms with van der Waals surface area (Å²) < 4.78 is 30.2. The molecule has 0 saturated carbocycles. The smallest absolute Gasteiger partial charge is 0.279 e. The number of thiazole rings is 1. The van der Waals surface area contributed by atoms with Crippen LogP contribution in [0.15, 0.2) is 52.4 Å². The highest BCUT2D eigenvalue weighted by atomic mass is 32.2. The number of rotatable bonds is 9. The van der Waals surface area contributed by atoms with Crippen LogP contribution in [0.1, 0.15) is 50.9 Å². The predicted molar refractivity (Wildman–Crippen MR) is 135 cm³/mol. The summed E-state index contributed by atoms with van der Waals surface area (Å²) in [5.41, 5.74) is 1.91. The molecule has 10 heteroatoms. The van der Waals surface area contributed by atoms with E-state index < -0.39 is 15.9 Å². The van der Waals surface area contributed by atoms with Gasteiger partial charge in [0.15, 0.2) is 4.80 Å². The van der Waals surface area contributed by atoms with Crippen LogP contribution < -0.4 is 10.1 Å². The Kier molecular flexibility index (Phi) is 8.40.